The van der Waals surface area contributed by atoms with E-state index >= 15 is 0 Å². The van der Waals surface area contributed by atoms with E-state index in [9.17, 15) is 13.8 Å². The number of halogens is 1. The number of benzene rings is 3. The third-order valence-electron chi connectivity index (χ3n) is 5.66. The van der Waals surface area contributed by atoms with Gasteiger partial charge in [-0.15, -0.1) is 0 Å². The SMILES string of the molecule is O=P(O)(Oc1ccccc1)Oc1ccc(-c2nn(C3CCCC3)c3c(F)cccc23)cc1. The van der Waals surface area contributed by atoms with Crippen LogP contribution in [0.1, 0.15) is 31.7 Å². The maximum atomic E-state index is 14.7. The van der Waals surface area contributed by atoms with Crippen molar-refractivity contribution in [1.29, 1.82) is 0 Å². The number of nitrogens with zero attached hydrogens (tertiary/aromatic N) is 2. The van der Waals surface area contributed by atoms with E-state index in [-0.39, 0.29) is 23.4 Å². The van der Waals surface area contributed by atoms with Crippen LogP contribution < -0.4 is 9.05 Å². The molecule has 1 unspecified atom stereocenters. The molecule has 1 heterocycles. The molecule has 164 valence electrons. The summed E-state index contributed by atoms with van der Waals surface area (Å²) in [6.45, 7) is 0. The van der Waals surface area contributed by atoms with Crippen molar-refractivity contribution in [3.63, 3.8) is 0 Å². The fourth-order valence-electron chi connectivity index (χ4n) is 4.22. The summed E-state index contributed by atoms with van der Waals surface area (Å²) in [7, 11) is -4.35. The zero-order valence-electron chi connectivity index (χ0n) is 17.2. The molecule has 6 nitrogen and oxygen atoms in total. The number of phosphoric ester groups is 1. The van der Waals surface area contributed by atoms with Gasteiger partial charge in [-0.2, -0.15) is 5.10 Å². The molecule has 32 heavy (non-hydrogen) atoms. The number of hydrogen-bond donors (Lipinski definition) is 1. The molecule has 0 spiro atoms. The van der Waals surface area contributed by atoms with Crippen molar-refractivity contribution in [2.45, 2.75) is 31.7 Å². The van der Waals surface area contributed by atoms with Gasteiger partial charge in [0.05, 0.1) is 6.04 Å². The van der Waals surface area contributed by atoms with Crippen LogP contribution in [-0.4, -0.2) is 14.7 Å². The molecule has 8 heteroatoms. The molecule has 1 aromatic heterocycles. The Hall–Kier alpha value is -3.15. The summed E-state index contributed by atoms with van der Waals surface area (Å²) in [5.41, 5.74) is 1.96. The van der Waals surface area contributed by atoms with Crippen molar-refractivity contribution in [2.75, 3.05) is 0 Å². The maximum absolute atomic E-state index is 14.7. The number of phosphoric acid groups is 1. The van der Waals surface area contributed by atoms with Crippen molar-refractivity contribution in [3.05, 3.63) is 78.6 Å². The summed E-state index contributed by atoms with van der Waals surface area (Å²) in [5, 5.41) is 5.51. The van der Waals surface area contributed by atoms with E-state index in [1.54, 1.807) is 60.7 Å². The quantitative estimate of drug-likeness (QED) is 0.337. The van der Waals surface area contributed by atoms with Crippen molar-refractivity contribution in [1.82, 2.24) is 9.78 Å². The third-order valence-corrected chi connectivity index (χ3v) is 6.54. The minimum Gasteiger partial charge on any atom is -0.395 e. The standard InChI is InChI=1S/C24H22FN2O4P/c25-22-12-6-11-21-23(26-27(24(21)22)18-7-4-5-8-18)17-13-15-20(16-14-17)31-32(28,29)30-19-9-2-1-3-10-19/h1-3,6,9-16,18H,4-5,7-8H2,(H,28,29). The van der Waals surface area contributed by atoms with E-state index in [4.69, 9.17) is 14.1 Å². The zero-order chi connectivity index (χ0) is 22.1. The topological polar surface area (TPSA) is 73.6 Å². The highest BCUT2D eigenvalue weighted by Crippen LogP contribution is 2.45. The molecule has 0 aliphatic heterocycles. The molecule has 4 aromatic rings. The Morgan fingerprint density at radius 1 is 0.906 bits per heavy atom. The Morgan fingerprint density at radius 3 is 2.25 bits per heavy atom. The first-order valence-electron chi connectivity index (χ1n) is 10.5. The lowest BCUT2D eigenvalue weighted by Gasteiger charge is -2.13. The smallest absolute Gasteiger partial charge is 0.395 e. The molecule has 1 saturated carbocycles. The Kier molecular flexibility index (Phi) is 5.45. The van der Waals surface area contributed by atoms with Gasteiger partial charge in [0.1, 0.15) is 28.5 Å². The number of hydrogen-bond acceptors (Lipinski definition) is 4. The molecule has 0 saturated heterocycles. The lowest BCUT2D eigenvalue weighted by atomic mass is 10.1. The molecule has 0 bridgehead atoms. The Bertz CT molecular complexity index is 1280. The summed E-state index contributed by atoms with van der Waals surface area (Å²) >= 11 is 0. The highest BCUT2D eigenvalue weighted by Gasteiger charge is 2.26. The molecule has 1 N–H and O–H groups in total. The number of aromatic nitrogens is 2. The lowest BCUT2D eigenvalue weighted by molar-refractivity contribution is 0.291. The fourth-order valence-corrected chi connectivity index (χ4v) is 5.03. The summed E-state index contributed by atoms with van der Waals surface area (Å²) in [5.74, 6) is 0.134. The summed E-state index contributed by atoms with van der Waals surface area (Å²) < 4.78 is 39.1. The number of rotatable bonds is 6. The van der Waals surface area contributed by atoms with E-state index in [1.165, 1.54) is 6.07 Å². The monoisotopic (exact) mass is 452 g/mol. The highest BCUT2D eigenvalue weighted by molar-refractivity contribution is 7.48. The average molecular weight is 452 g/mol. The normalized spacial score (nSPS) is 16.2. The fraction of sp³-hybridized carbons (Fsp3) is 0.208. The van der Waals surface area contributed by atoms with E-state index in [0.717, 1.165) is 36.6 Å². The van der Waals surface area contributed by atoms with E-state index in [0.29, 0.717) is 11.2 Å². The second-order valence-corrected chi connectivity index (χ2v) is 9.16. The average Bonchev–Trinajstić information content (AvgIpc) is 3.43. The van der Waals surface area contributed by atoms with Crippen LogP contribution in [0.4, 0.5) is 4.39 Å². The molecular formula is C24H22FN2O4P. The molecule has 0 radical (unpaired) electrons. The van der Waals surface area contributed by atoms with Gasteiger partial charge in [0.2, 0.25) is 0 Å². The number of para-hydroxylation sites is 2. The minimum absolute atomic E-state index is 0.182. The van der Waals surface area contributed by atoms with Crippen molar-refractivity contribution < 1.29 is 22.9 Å². The molecular weight excluding hydrogens is 430 g/mol. The zero-order valence-corrected chi connectivity index (χ0v) is 18.1. The Balaban J connectivity index is 1.43. The van der Waals surface area contributed by atoms with Gasteiger partial charge in [-0.1, -0.05) is 43.2 Å². The molecule has 1 aliphatic carbocycles. The molecule has 1 fully saturated rings. The second kappa shape index (κ2) is 8.41. The Labute approximate surface area is 184 Å². The highest BCUT2D eigenvalue weighted by atomic mass is 31.2. The summed E-state index contributed by atoms with van der Waals surface area (Å²) in [6, 6.07) is 20.1. The molecule has 3 aromatic carbocycles. The van der Waals surface area contributed by atoms with Gasteiger partial charge in [-0.3, -0.25) is 9.58 Å². The summed E-state index contributed by atoms with van der Waals surface area (Å²) in [4.78, 5) is 10.1. The van der Waals surface area contributed by atoms with Crippen molar-refractivity contribution in [3.8, 4) is 22.8 Å². The van der Waals surface area contributed by atoms with Crippen LogP contribution in [0.3, 0.4) is 0 Å². The van der Waals surface area contributed by atoms with Crippen LogP contribution >= 0.6 is 7.82 Å². The van der Waals surface area contributed by atoms with Crippen LogP contribution in [0.5, 0.6) is 11.5 Å². The van der Waals surface area contributed by atoms with Gasteiger partial charge in [-0.05, 0) is 55.3 Å². The van der Waals surface area contributed by atoms with Crippen LogP contribution in [0.15, 0.2) is 72.8 Å². The maximum Gasteiger partial charge on any atom is 0.584 e. The molecule has 1 aliphatic rings. The van der Waals surface area contributed by atoms with Gasteiger partial charge < -0.3 is 9.05 Å². The predicted molar refractivity (Wildman–Crippen MR) is 120 cm³/mol. The first kappa shape index (κ1) is 20.7. The predicted octanol–water partition coefficient (Wildman–Crippen LogP) is 6.52. The van der Waals surface area contributed by atoms with Crippen LogP contribution in [-0.2, 0) is 4.57 Å². The number of fused-ring (bicyclic) bond motifs is 1. The molecule has 5 rings (SSSR count). The van der Waals surface area contributed by atoms with Gasteiger partial charge >= 0.3 is 7.82 Å². The molecule has 1 atom stereocenters. The van der Waals surface area contributed by atoms with Gasteiger partial charge in [0.25, 0.3) is 0 Å². The van der Waals surface area contributed by atoms with Crippen LogP contribution in [0.2, 0.25) is 0 Å². The first-order valence-corrected chi connectivity index (χ1v) is 12.0. The van der Waals surface area contributed by atoms with Gasteiger partial charge in [0.15, 0.2) is 0 Å². The van der Waals surface area contributed by atoms with Gasteiger partial charge in [-0.25, -0.2) is 8.96 Å². The first-order chi connectivity index (χ1) is 15.5. The van der Waals surface area contributed by atoms with Crippen molar-refractivity contribution >= 4 is 18.7 Å². The van der Waals surface area contributed by atoms with E-state index < -0.39 is 7.82 Å². The minimum atomic E-state index is -4.35. The largest absolute Gasteiger partial charge is 0.584 e. The summed E-state index contributed by atoms with van der Waals surface area (Å²) in [6.07, 6.45) is 4.22. The lowest BCUT2D eigenvalue weighted by Crippen LogP contribution is -2.07. The second-order valence-electron chi connectivity index (χ2n) is 7.86. The van der Waals surface area contributed by atoms with E-state index in [2.05, 4.69) is 0 Å². The third kappa shape index (κ3) is 4.14. The van der Waals surface area contributed by atoms with Crippen molar-refractivity contribution in [2.24, 2.45) is 0 Å². The Morgan fingerprint density at radius 2 is 1.56 bits per heavy atom. The van der Waals surface area contributed by atoms with Crippen LogP contribution in [0, 0.1) is 5.82 Å². The van der Waals surface area contributed by atoms with Crippen LogP contribution in [0.25, 0.3) is 22.2 Å². The molecule has 0 amide bonds. The van der Waals surface area contributed by atoms with Gasteiger partial charge in [0, 0.05) is 10.9 Å². The van der Waals surface area contributed by atoms with E-state index in [1.807, 2.05) is 10.7 Å².